The van der Waals surface area contributed by atoms with Crippen LogP contribution in [-0.4, -0.2) is 20.7 Å². The molecular formula is C12H12N4OS. The van der Waals surface area contributed by atoms with Gasteiger partial charge in [0.25, 0.3) is 5.91 Å². The first-order valence-corrected chi connectivity index (χ1v) is 5.68. The maximum Gasteiger partial charge on any atom is 0.273 e. The van der Waals surface area contributed by atoms with E-state index in [1.807, 2.05) is 0 Å². The summed E-state index contributed by atoms with van der Waals surface area (Å²) in [5.41, 5.74) is 7.44. The average Bonchev–Trinajstić information content (AvgIpc) is 2.76. The summed E-state index contributed by atoms with van der Waals surface area (Å²) in [6, 6.07) is 8.69. The first-order chi connectivity index (χ1) is 8.58. The van der Waals surface area contributed by atoms with Crippen LogP contribution in [0.2, 0.25) is 0 Å². The van der Waals surface area contributed by atoms with Crippen molar-refractivity contribution in [3.05, 3.63) is 47.8 Å². The molecule has 92 valence electrons. The minimum absolute atomic E-state index is 0.210. The molecule has 1 aromatic carbocycles. The topological polar surface area (TPSA) is 72.9 Å². The first-order valence-electron chi connectivity index (χ1n) is 5.27. The molecule has 3 N–H and O–H groups in total. The fourth-order valence-corrected chi connectivity index (χ4v) is 1.65. The molecule has 2 rings (SSSR count). The third kappa shape index (κ3) is 2.54. The van der Waals surface area contributed by atoms with Crippen LogP contribution in [0.4, 0.5) is 5.69 Å². The first kappa shape index (κ1) is 12.3. The number of nitrogens with one attached hydrogen (secondary N) is 1. The molecule has 6 heteroatoms. The molecule has 2 aromatic rings. The third-order valence-corrected chi connectivity index (χ3v) is 2.72. The Balaban J connectivity index is 2.13. The fourth-order valence-electron chi connectivity index (χ4n) is 1.51. The number of nitrogens with two attached hydrogens (primary N) is 1. The average molecular weight is 260 g/mol. The minimum atomic E-state index is -0.210. The van der Waals surface area contributed by atoms with Gasteiger partial charge in [0.2, 0.25) is 0 Å². The highest BCUT2D eigenvalue weighted by Crippen LogP contribution is 2.11. The van der Waals surface area contributed by atoms with Gasteiger partial charge >= 0.3 is 0 Å². The van der Waals surface area contributed by atoms with Crippen LogP contribution in [0, 0.1) is 0 Å². The van der Waals surface area contributed by atoms with Gasteiger partial charge in [-0.2, -0.15) is 5.10 Å². The van der Waals surface area contributed by atoms with E-state index in [-0.39, 0.29) is 5.91 Å². The summed E-state index contributed by atoms with van der Waals surface area (Å²) in [6.07, 6.45) is 1.57. The highest BCUT2D eigenvalue weighted by Gasteiger charge is 2.09. The maximum atomic E-state index is 11.9. The van der Waals surface area contributed by atoms with Gasteiger partial charge in [0, 0.05) is 24.5 Å². The van der Waals surface area contributed by atoms with Crippen LogP contribution in [-0.2, 0) is 7.05 Å². The van der Waals surface area contributed by atoms with Crippen LogP contribution < -0.4 is 11.1 Å². The largest absolute Gasteiger partial charge is 0.389 e. The van der Waals surface area contributed by atoms with Crippen molar-refractivity contribution >= 4 is 28.8 Å². The fraction of sp³-hybridized carbons (Fsp3) is 0.0833. The lowest BCUT2D eigenvalue weighted by molar-refractivity contribution is 0.101. The Bertz CT molecular complexity index is 588. The number of amides is 1. The number of carbonyl (C=O) groups is 1. The molecule has 0 fully saturated rings. The molecule has 18 heavy (non-hydrogen) atoms. The van der Waals surface area contributed by atoms with Gasteiger partial charge in [-0.25, -0.2) is 0 Å². The molecule has 1 heterocycles. The maximum absolute atomic E-state index is 11.9. The lowest BCUT2D eigenvalue weighted by Gasteiger charge is -2.06. The van der Waals surface area contributed by atoms with Gasteiger partial charge in [-0.15, -0.1) is 0 Å². The molecule has 0 aliphatic heterocycles. The van der Waals surface area contributed by atoms with E-state index in [2.05, 4.69) is 10.4 Å². The van der Waals surface area contributed by atoms with Gasteiger partial charge in [-0.1, -0.05) is 12.2 Å². The summed E-state index contributed by atoms with van der Waals surface area (Å²) in [5, 5.41) is 6.71. The molecule has 1 aromatic heterocycles. The number of benzene rings is 1. The SMILES string of the molecule is Cn1nccc1C(=O)Nc1ccc(C(N)=S)cc1. The van der Waals surface area contributed by atoms with Crippen LogP contribution in [0.15, 0.2) is 36.5 Å². The molecule has 0 spiro atoms. The minimum Gasteiger partial charge on any atom is -0.389 e. The Morgan fingerprint density at radius 2 is 2.00 bits per heavy atom. The number of thiocarbonyl (C=S) groups is 1. The van der Waals surface area contributed by atoms with Crippen LogP contribution in [0.25, 0.3) is 0 Å². The summed E-state index contributed by atoms with van der Waals surface area (Å²) < 4.78 is 1.51. The van der Waals surface area contributed by atoms with Crippen molar-refractivity contribution in [3.63, 3.8) is 0 Å². The lowest BCUT2D eigenvalue weighted by Crippen LogP contribution is -2.16. The van der Waals surface area contributed by atoms with Gasteiger partial charge in [-0.3, -0.25) is 9.48 Å². The van der Waals surface area contributed by atoms with E-state index in [9.17, 15) is 4.79 Å². The molecule has 0 saturated heterocycles. The second-order valence-corrected chi connectivity index (χ2v) is 4.18. The molecule has 0 saturated carbocycles. The van der Waals surface area contributed by atoms with Gasteiger partial charge in [-0.05, 0) is 30.3 Å². The monoisotopic (exact) mass is 260 g/mol. The Morgan fingerprint density at radius 3 is 2.50 bits per heavy atom. The van der Waals surface area contributed by atoms with Crippen LogP contribution in [0.5, 0.6) is 0 Å². The molecule has 0 aliphatic rings. The van der Waals surface area contributed by atoms with Crippen molar-refractivity contribution in [2.45, 2.75) is 0 Å². The quantitative estimate of drug-likeness (QED) is 0.816. The molecule has 5 nitrogen and oxygen atoms in total. The number of nitrogens with zero attached hydrogens (tertiary/aromatic N) is 2. The lowest BCUT2D eigenvalue weighted by atomic mass is 10.2. The molecular weight excluding hydrogens is 248 g/mol. The van der Waals surface area contributed by atoms with Gasteiger partial charge < -0.3 is 11.1 Å². The number of aryl methyl sites for hydroxylation is 1. The highest BCUT2D eigenvalue weighted by molar-refractivity contribution is 7.80. The number of anilines is 1. The van der Waals surface area contributed by atoms with Crippen molar-refractivity contribution < 1.29 is 4.79 Å². The number of hydrogen-bond donors (Lipinski definition) is 2. The summed E-state index contributed by atoms with van der Waals surface area (Å²) in [7, 11) is 1.71. The van der Waals surface area contributed by atoms with Crippen molar-refractivity contribution in [2.75, 3.05) is 5.32 Å². The highest BCUT2D eigenvalue weighted by atomic mass is 32.1. The molecule has 0 radical (unpaired) electrons. The van der Waals surface area contributed by atoms with Crippen LogP contribution >= 0.6 is 12.2 Å². The second kappa shape index (κ2) is 4.97. The Labute approximate surface area is 110 Å². The third-order valence-electron chi connectivity index (χ3n) is 2.48. The van der Waals surface area contributed by atoms with Gasteiger partial charge in [0.15, 0.2) is 0 Å². The molecule has 0 atom stereocenters. The zero-order chi connectivity index (χ0) is 13.1. The molecule has 0 aliphatic carbocycles. The summed E-state index contributed by atoms with van der Waals surface area (Å²) in [6.45, 7) is 0. The zero-order valence-corrected chi connectivity index (χ0v) is 10.6. The summed E-state index contributed by atoms with van der Waals surface area (Å²) >= 11 is 4.85. The van der Waals surface area contributed by atoms with E-state index < -0.39 is 0 Å². The molecule has 0 unspecified atom stereocenters. The predicted octanol–water partition coefficient (Wildman–Crippen LogP) is 1.31. The van der Waals surface area contributed by atoms with E-state index in [0.29, 0.717) is 16.4 Å². The standard InChI is InChI=1S/C12H12N4OS/c1-16-10(6-7-14-16)12(17)15-9-4-2-8(3-5-9)11(13)18/h2-7H,1H3,(H2,13,18)(H,15,17). The molecule has 1 amide bonds. The van der Waals surface area contributed by atoms with E-state index in [4.69, 9.17) is 18.0 Å². The van der Waals surface area contributed by atoms with Gasteiger partial charge in [0.05, 0.1) is 0 Å². The number of aromatic nitrogens is 2. The van der Waals surface area contributed by atoms with Crippen LogP contribution in [0.3, 0.4) is 0 Å². The molecule has 0 bridgehead atoms. The Morgan fingerprint density at radius 1 is 1.33 bits per heavy atom. The van der Waals surface area contributed by atoms with E-state index >= 15 is 0 Å². The van der Waals surface area contributed by atoms with Crippen molar-refractivity contribution in [1.82, 2.24) is 9.78 Å². The van der Waals surface area contributed by atoms with Crippen molar-refractivity contribution in [3.8, 4) is 0 Å². The smallest absolute Gasteiger partial charge is 0.273 e. The zero-order valence-electron chi connectivity index (χ0n) is 9.75. The van der Waals surface area contributed by atoms with Crippen LogP contribution in [0.1, 0.15) is 16.1 Å². The van der Waals surface area contributed by atoms with Crippen molar-refractivity contribution in [1.29, 1.82) is 0 Å². The second-order valence-electron chi connectivity index (χ2n) is 3.74. The Kier molecular flexibility index (Phi) is 3.38. The number of hydrogen-bond acceptors (Lipinski definition) is 3. The Hall–Kier alpha value is -2.21. The summed E-state index contributed by atoms with van der Waals surface area (Å²) in [4.78, 5) is 12.2. The summed E-state index contributed by atoms with van der Waals surface area (Å²) in [5.74, 6) is -0.210. The van der Waals surface area contributed by atoms with E-state index in [0.717, 1.165) is 5.56 Å². The van der Waals surface area contributed by atoms with Gasteiger partial charge in [0.1, 0.15) is 10.7 Å². The van der Waals surface area contributed by atoms with E-state index in [1.165, 1.54) is 4.68 Å². The predicted molar refractivity (Wildman–Crippen MR) is 73.5 cm³/mol. The number of rotatable bonds is 3. The normalized spacial score (nSPS) is 10.1. The number of carbonyl (C=O) groups excluding carboxylic acids is 1. The van der Waals surface area contributed by atoms with Crippen molar-refractivity contribution in [2.24, 2.45) is 12.8 Å². The van der Waals surface area contributed by atoms with E-state index in [1.54, 1.807) is 43.6 Å².